The summed E-state index contributed by atoms with van der Waals surface area (Å²) in [6.07, 6.45) is 0.533. The molecule has 0 amide bonds. The van der Waals surface area contributed by atoms with Crippen molar-refractivity contribution in [2.24, 2.45) is 0 Å². The van der Waals surface area contributed by atoms with E-state index in [4.69, 9.17) is 16.3 Å². The van der Waals surface area contributed by atoms with Crippen LogP contribution in [-0.4, -0.2) is 35.8 Å². The number of ether oxygens (including phenoxy) is 1. The maximum absolute atomic E-state index is 10.3. The van der Waals surface area contributed by atoms with Gasteiger partial charge in [-0.25, -0.2) is 0 Å². The number of aryl methyl sites for hydroxylation is 2. The Morgan fingerprint density at radius 3 is 2.54 bits per heavy atom. The number of hydrogen-bond acceptors (Lipinski definition) is 3. The lowest BCUT2D eigenvalue weighted by atomic mass is 10.00. The van der Waals surface area contributed by atoms with Gasteiger partial charge in [0.1, 0.15) is 18.5 Å². The molecule has 24 heavy (non-hydrogen) atoms. The zero-order chi connectivity index (χ0) is 17.1. The lowest BCUT2D eigenvalue weighted by Gasteiger charge is -2.30. The van der Waals surface area contributed by atoms with Crippen molar-refractivity contribution < 1.29 is 9.84 Å². The summed E-state index contributed by atoms with van der Waals surface area (Å²) in [5.41, 5.74) is 4.77. The largest absolute Gasteiger partial charge is 0.491 e. The first-order valence-electron chi connectivity index (χ1n) is 8.39. The minimum atomic E-state index is -0.508. The number of aliphatic hydroxyl groups excluding tert-OH is 1. The van der Waals surface area contributed by atoms with Gasteiger partial charge >= 0.3 is 0 Å². The van der Waals surface area contributed by atoms with Crippen LogP contribution in [0.1, 0.15) is 22.3 Å². The second-order valence-electron chi connectivity index (χ2n) is 6.59. The fourth-order valence-electron chi connectivity index (χ4n) is 3.24. The van der Waals surface area contributed by atoms with Crippen LogP contribution < -0.4 is 4.74 Å². The van der Waals surface area contributed by atoms with E-state index in [0.29, 0.717) is 13.2 Å². The minimum absolute atomic E-state index is 0.290. The summed E-state index contributed by atoms with van der Waals surface area (Å²) in [7, 11) is 0. The minimum Gasteiger partial charge on any atom is -0.491 e. The highest BCUT2D eigenvalue weighted by Crippen LogP contribution is 2.26. The Morgan fingerprint density at radius 1 is 1.17 bits per heavy atom. The van der Waals surface area contributed by atoms with Gasteiger partial charge in [-0.15, -0.1) is 0 Å². The molecule has 1 aliphatic heterocycles. The summed E-state index contributed by atoms with van der Waals surface area (Å²) in [5.74, 6) is 0.762. The van der Waals surface area contributed by atoms with Crippen LogP contribution in [0.5, 0.6) is 5.75 Å². The molecule has 4 heteroatoms. The number of halogens is 1. The molecule has 128 valence electrons. The molecule has 0 aromatic heterocycles. The molecule has 3 rings (SSSR count). The van der Waals surface area contributed by atoms with Crippen molar-refractivity contribution in [2.45, 2.75) is 32.9 Å². The van der Waals surface area contributed by atoms with E-state index in [1.54, 1.807) is 0 Å². The summed E-state index contributed by atoms with van der Waals surface area (Å²) >= 11 is 6.17. The van der Waals surface area contributed by atoms with Crippen LogP contribution in [-0.2, 0) is 13.0 Å². The van der Waals surface area contributed by atoms with E-state index in [2.05, 4.69) is 29.2 Å². The zero-order valence-corrected chi connectivity index (χ0v) is 15.0. The Balaban J connectivity index is 1.52. The van der Waals surface area contributed by atoms with Crippen LogP contribution in [0.15, 0.2) is 36.4 Å². The van der Waals surface area contributed by atoms with Crippen molar-refractivity contribution >= 4 is 11.6 Å². The van der Waals surface area contributed by atoms with Gasteiger partial charge < -0.3 is 9.84 Å². The van der Waals surface area contributed by atoms with Gasteiger partial charge in [0.15, 0.2) is 0 Å². The Morgan fingerprint density at radius 2 is 1.83 bits per heavy atom. The molecular formula is C20H24ClNO2. The molecular weight excluding hydrogens is 322 g/mol. The molecule has 0 aliphatic carbocycles. The Bertz CT molecular complexity index is 694. The third-order valence-electron chi connectivity index (χ3n) is 4.53. The van der Waals surface area contributed by atoms with Crippen molar-refractivity contribution in [3.8, 4) is 5.75 Å². The number of rotatable bonds is 5. The van der Waals surface area contributed by atoms with Gasteiger partial charge in [-0.2, -0.15) is 0 Å². The Kier molecular flexibility index (Phi) is 5.44. The second-order valence-corrected chi connectivity index (χ2v) is 6.97. The molecule has 1 unspecified atom stereocenters. The summed E-state index contributed by atoms with van der Waals surface area (Å²) in [6, 6.07) is 12.4. The van der Waals surface area contributed by atoms with Crippen molar-refractivity contribution in [3.05, 3.63) is 63.7 Å². The van der Waals surface area contributed by atoms with Gasteiger partial charge in [0.25, 0.3) is 0 Å². The summed E-state index contributed by atoms with van der Waals surface area (Å²) < 4.78 is 5.76. The summed E-state index contributed by atoms with van der Waals surface area (Å²) in [4.78, 5) is 2.29. The molecule has 1 N–H and O–H groups in total. The van der Waals surface area contributed by atoms with Gasteiger partial charge in [-0.1, -0.05) is 35.9 Å². The number of benzene rings is 2. The van der Waals surface area contributed by atoms with Crippen LogP contribution in [0.3, 0.4) is 0 Å². The van der Waals surface area contributed by atoms with E-state index in [-0.39, 0.29) is 0 Å². The van der Waals surface area contributed by atoms with E-state index < -0.39 is 6.10 Å². The van der Waals surface area contributed by atoms with Gasteiger partial charge in [-0.3, -0.25) is 4.90 Å². The maximum atomic E-state index is 10.3. The molecule has 0 spiro atoms. The van der Waals surface area contributed by atoms with E-state index in [9.17, 15) is 5.11 Å². The molecule has 2 aromatic rings. The highest BCUT2D eigenvalue weighted by atomic mass is 35.5. The number of aliphatic hydroxyl groups is 1. The lowest BCUT2D eigenvalue weighted by Crippen LogP contribution is -2.38. The quantitative estimate of drug-likeness (QED) is 0.895. The SMILES string of the molecule is Cc1cc(OCC(O)CN2CCc3ccccc3C2)cc(C)c1Cl. The average Bonchev–Trinajstić information content (AvgIpc) is 2.57. The lowest BCUT2D eigenvalue weighted by molar-refractivity contribution is 0.0637. The first-order chi connectivity index (χ1) is 11.5. The molecule has 1 atom stereocenters. The molecule has 2 aromatic carbocycles. The van der Waals surface area contributed by atoms with Crippen LogP contribution in [0, 0.1) is 13.8 Å². The number of nitrogens with zero attached hydrogens (tertiary/aromatic N) is 1. The molecule has 0 radical (unpaired) electrons. The van der Waals surface area contributed by atoms with E-state index in [1.165, 1.54) is 11.1 Å². The van der Waals surface area contributed by atoms with Crippen LogP contribution >= 0.6 is 11.6 Å². The maximum Gasteiger partial charge on any atom is 0.120 e. The third kappa shape index (κ3) is 4.10. The molecule has 0 saturated carbocycles. The molecule has 1 heterocycles. The molecule has 0 fully saturated rings. The van der Waals surface area contributed by atoms with E-state index >= 15 is 0 Å². The zero-order valence-electron chi connectivity index (χ0n) is 14.3. The topological polar surface area (TPSA) is 32.7 Å². The van der Waals surface area contributed by atoms with E-state index in [1.807, 2.05) is 26.0 Å². The van der Waals surface area contributed by atoms with Crippen LogP contribution in [0.2, 0.25) is 5.02 Å². The summed E-state index contributed by atoms with van der Waals surface area (Å²) in [5, 5.41) is 11.1. The van der Waals surface area contributed by atoms with Crippen molar-refractivity contribution in [1.29, 1.82) is 0 Å². The smallest absolute Gasteiger partial charge is 0.120 e. The highest BCUT2D eigenvalue weighted by Gasteiger charge is 2.18. The molecule has 3 nitrogen and oxygen atoms in total. The third-order valence-corrected chi connectivity index (χ3v) is 5.13. The van der Waals surface area contributed by atoms with Crippen molar-refractivity contribution in [1.82, 2.24) is 4.90 Å². The fraction of sp³-hybridized carbons (Fsp3) is 0.400. The Hall–Kier alpha value is -1.55. The second kappa shape index (κ2) is 7.56. The number of β-amino-alcohol motifs (C(OH)–C–C–N with tert-alkyl or cyclic N) is 1. The fourth-order valence-corrected chi connectivity index (χ4v) is 3.35. The number of fused-ring (bicyclic) bond motifs is 1. The predicted octanol–water partition coefficient (Wildman–Crippen LogP) is 3.75. The van der Waals surface area contributed by atoms with Crippen LogP contribution in [0.25, 0.3) is 0 Å². The highest BCUT2D eigenvalue weighted by molar-refractivity contribution is 6.32. The first kappa shape index (κ1) is 17.3. The Labute approximate surface area is 148 Å². The van der Waals surface area contributed by atoms with Crippen molar-refractivity contribution in [2.75, 3.05) is 19.7 Å². The average molecular weight is 346 g/mol. The standard InChI is InChI=1S/C20H24ClNO2/c1-14-9-19(10-15(2)20(14)21)24-13-18(23)12-22-8-7-16-5-3-4-6-17(16)11-22/h3-6,9-10,18,23H,7-8,11-13H2,1-2H3. The van der Waals surface area contributed by atoms with Gasteiger partial charge in [-0.05, 0) is 54.7 Å². The molecule has 0 bridgehead atoms. The molecule has 0 saturated heterocycles. The predicted molar refractivity (Wildman–Crippen MR) is 97.9 cm³/mol. The first-order valence-corrected chi connectivity index (χ1v) is 8.77. The normalized spacial score (nSPS) is 15.8. The van der Waals surface area contributed by atoms with Gasteiger partial charge in [0.05, 0.1) is 0 Å². The van der Waals surface area contributed by atoms with E-state index in [0.717, 1.165) is 41.4 Å². The van der Waals surface area contributed by atoms with Gasteiger partial charge in [0, 0.05) is 24.7 Å². The molecule has 1 aliphatic rings. The van der Waals surface area contributed by atoms with Gasteiger partial charge in [0.2, 0.25) is 0 Å². The monoisotopic (exact) mass is 345 g/mol. The van der Waals surface area contributed by atoms with Crippen molar-refractivity contribution in [3.63, 3.8) is 0 Å². The summed E-state index contributed by atoms with van der Waals surface area (Å²) in [6.45, 7) is 6.71. The number of hydrogen-bond donors (Lipinski definition) is 1. The van der Waals surface area contributed by atoms with Crippen LogP contribution in [0.4, 0.5) is 0 Å².